The molecular formula is C26H28N2O3. The third kappa shape index (κ3) is 5.05. The van der Waals surface area contributed by atoms with Crippen LogP contribution in [0.25, 0.3) is 0 Å². The summed E-state index contributed by atoms with van der Waals surface area (Å²) >= 11 is 0. The van der Waals surface area contributed by atoms with E-state index in [4.69, 9.17) is 9.47 Å². The van der Waals surface area contributed by atoms with Crippen LogP contribution in [0.5, 0.6) is 11.5 Å². The van der Waals surface area contributed by atoms with Crippen LogP contribution in [-0.4, -0.2) is 24.1 Å². The normalized spacial score (nSPS) is 14.0. The van der Waals surface area contributed by atoms with Gasteiger partial charge in [0.1, 0.15) is 13.2 Å². The Kier molecular flexibility index (Phi) is 5.94. The van der Waals surface area contributed by atoms with Crippen molar-refractivity contribution in [2.24, 2.45) is 0 Å². The topological polar surface area (TPSA) is 60.5 Å². The third-order valence-corrected chi connectivity index (χ3v) is 5.50. The maximum Gasteiger partial charge on any atom is 0.225 e. The summed E-state index contributed by atoms with van der Waals surface area (Å²) in [5.74, 6) is 1.25. The molecule has 2 heterocycles. The molecule has 2 aromatic carbocycles. The highest BCUT2D eigenvalue weighted by molar-refractivity contribution is 5.92. The van der Waals surface area contributed by atoms with Crippen molar-refractivity contribution in [3.05, 3.63) is 83.7 Å². The summed E-state index contributed by atoms with van der Waals surface area (Å²) in [4.78, 5) is 17.1. The molecule has 0 fully saturated rings. The summed E-state index contributed by atoms with van der Waals surface area (Å²) in [6.07, 6.45) is 3.86. The number of hydrogen-bond donors (Lipinski definition) is 1. The summed E-state index contributed by atoms with van der Waals surface area (Å²) in [6, 6.07) is 18.0. The Balaban J connectivity index is 1.54. The van der Waals surface area contributed by atoms with Gasteiger partial charge in [-0.3, -0.25) is 9.78 Å². The van der Waals surface area contributed by atoms with Crippen molar-refractivity contribution < 1.29 is 14.3 Å². The first-order chi connectivity index (χ1) is 14.9. The molecule has 3 aromatic rings. The molecular weight excluding hydrogens is 388 g/mol. The van der Waals surface area contributed by atoms with Gasteiger partial charge in [0.05, 0.1) is 0 Å². The van der Waals surface area contributed by atoms with Crippen molar-refractivity contribution in [2.45, 2.75) is 38.5 Å². The Labute approximate surface area is 183 Å². The Bertz CT molecular complexity index is 1040. The van der Waals surface area contributed by atoms with E-state index in [1.807, 2.05) is 30.3 Å². The molecule has 0 bridgehead atoms. The lowest BCUT2D eigenvalue weighted by molar-refractivity contribution is -0.116. The second-order valence-electron chi connectivity index (χ2n) is 8.82. The molecule has 1 aliphatic heterocycles. The minimum absolute atomic E-state index is 0.0570. The lowest BCUT2D eigenvalue weighted by Gasteiger charge is -2.22. The van der Waals surface area contributed by atoms with Crippen molar-refractivity contribution >= 4 is 11.6 Å². The fourth-order valence-electron chi connectivity index (χ4n) is 3.76. The van der Waals surface area contributed by atoms with Crippen molar-refractivity contribution in [1.29, 1.82) is 0 Å². The van der Waals surface area contributed by atoms with E-state index in [2.05, 4.69) is 55.3 Å². The lowest BCUT2D eigenvalue weighted by Crippen LogP contribution is -2.18. The van der Waals surface area contributed by atoms with Crippen molar-refractivity contribution in [3.63, 3.8) is 0 Å². The first kappa shape index (κ1) is 20.9. The predicted octanol–water partition coefficient (Wildman–Crippen LogP) is 5.31. The monoisotopic (exact) mass is 416 g/mol. The molecule has 0 saturated heterocycles. The zero-order valence-corrected chi connectivity index (χ0v) is 18.2. The van der Waals surface area contributed by atoms with Crippen molar-refractivity contribution in [3.8, 4) is 11.5 Å². The van der Waals surface area contributed by atoms with Gasteiger partial charge in [0.2, 0.25) is 5.91 Å². The van der Waals surface area contributed by atoms with Crippen LogP contribution in [0.1, 0.15) is 49.8 Å². The van der Waals surface area contributed by atoms with Crippen molar-refractivity contribution in [1.82, 2.24) is 4.98 Å². The molecule has 5 heteroatoms. The number of nitrogens with zero attached hydrogens (tertiary/aromatic N) is 1. The highest BCUT2D eigenvalue weighted by atomic mass is 16.6. The van der Waals surface area contributed by atoms with Gasteiger partial charge in [-0.15, -0.1) is 0 Å². The molecule has 1 aliphatic rings. The average molecular weight is 417 g/mol. The Hall–Kier alpha value is -3.34. The molecule has 0 aliphatic carbocycles. The highest BCUT2D eigenvalue weighted by Crippen LogP contribution is 2.34. The summed E-state index contributed by atoms with van der Waals surface area (Å²) in [5, 5.41) is 3.01. The van der Waals surface area contributed by atoms with Crippen molar-refractivity contribution in [2.75, 3.05) is 18.5 Å². The van der Waals surface area contributed by atoms with Crippen LogP contribution < -0.4 is 14.8 Å². The largest absolute Gasteiger partial charge is 0.486 e. The summed E-state index contributed by atoms with van der Waals surface area (Å²) in [7, 11) is 0. The van der Waals surface area contributed by atoms with E-state index in [-0.39, 0.29) is 17.2 Å². The molecule has 31 heavy (non-hydrogen) atoms. The average Bonchev–Trinajstić information content (AvgIpc) is 2.77. The maximum atomic E-state index is 13.0. The molecule has 1 unspecified atom stereocenters. The van der Waals surface area contributed by atoms with Gasteiger partial charge in [-0.1, -0.05) is 45.0 Å². The SMILES string of the molecule is CC(C)(C)c1ccc(C(CC(=O)Nc2ccc3c(c2)OCCO3)c2ccncc2)cc1. The number of aromatic nitrogens is 1. The zero-order chi connectivity index (χ0) is 21.8. The smallest absolute Gasteiger partial charge is 0.225 e. The van der Waals surface area contributed by atoms with E-state index in [0.717, 1.165) is 11.1 Å². The van der Waals surface area contributed by atoms with Gasteiger partial charge >= 0.3 is 0 Å². The third-order valence-electron chi connectivity index (χ3n) is 5.50. The number of anilines is 1. The van der Waals surface area contributed by atoms with Crippen LogP contribution in [0.3, 0.4) is 0 Å². The summed E-state index contributed by atoms with van der Waals surface area (Å²) in [6.45, 7) is 7.65. The number of carbonyl (C=O) groups is 1. The number of fused-ring (bicyclic) bond motifs is 1. The van der Waals surface area contributed by atoms with Gasteiger partial charge in [0.25, 0.3) is 0 Å². The van der Waals surface area contributed by atoms with E-state index >= 15 is 0 Å². The second kappa shape index (κ2) is 8.80. The Morgan fingerprint density at radius 3 is 2.26 bits per heavy atom. The molecule has 0 spiro atoms. The number of ether oxygens (including phenoxy) is 2. The standard InChI is InChI=1S/C26H28N2O3/c1-26(2,3)20-6-4-18(5-7-20)22(19-10-12-27-13-11-19)17-25(29)28-21-8-9-23-24(16-21)31-15-14-30-23/h4-13,16,22H,14-15,17H2,1-3H3,(H,28,29). The number of hydrogen-bond acceptors (Lipinski definition) is 4. The Morgan fingerprint density at radius 2 is 1.58 bits per heavy atom. The van der Waals surface area contributed by atoms with Gasteiger partial charge in [-0.2, -0.15) is 0 Å². The predicted molar refractivity (Wildman–Crippen MR) is 122 cm³/mol. The minimum atomic E-state index is -0.0609. The molecule has 5 nitrogen and oxygen atoms in total. The van der Waals surface area contributed by atoms with E-state index in [1.165, 1.54) is 5.56 Å². The molecule has 0 radical (unpaired) electrons. The number of carbonyl (C=O) groups excluding carboxylic acids is 1. The molecule has 1 N–H and O–H groups in total. The molecule has 4 rings (SSSR count). The highest BCUT2D eigenvalue weighted by Gasteiger charge is 2.21. The van der Waals surface area contributed by atoms with Gasteiger partial charge in [-0.25, -0.2) is 0 Å². The van der Waals surface area contributed by atoms with E-state index in [1.54, 1.807) is 12.4 Å². The van der Waals surface area contributed by atoms with Crippen LogP contribution in [0, 0.1) is 0 Å². The van der Waals surface area contributed by atoms with E-state index in [9.17, 15) is 4.79 Å². The molecule has 1 atom stereocenters. The summed E-state index contributed by atoms with van der Waals surface area (Å²) < 4.78 is 11.2. The van der Waals surface area contributed by atoms with Gasteiger partial charge < -0.3 is 14.8 Å². The number of amides is 1. The fraction of sp³-hybridized carbons (Fsp3) is 0.308. The minimum Gasteiger partial charge on any atom is -0.486 e. The number of pyridine rings is 1. The van der Waals surface area contributed by atoms with Gasteiger partial charge in [0, 0.05) is 36.5 Å². The molecule has 160 valence electrons. The van der Waals surface area contributed by atoms with Crippen LogP contribution >= 0.6 is 0 Å². The molecule has 1 aromatic heterocycles. The van der Waals surface area contributed by atoms with E-state index < -0.39 is 0 Å². The number of benzene rings is 2. The van der Waals surface area contributed by atoms with Gasteiger partial charge in [-0.05, 0) is 46.4 Å². The first-order valence-corrected chi connectivity index (χ1v) is 10.6. The number of nitrogens with one attached hydrogen (secondary N) is 1. The fourth-order valence-corrected chi connectivity index (χ4v) is 3.76. The van der Waals surface area contributed by atoms with Gasteiger partial charge in [0.15, 0.2) is 11.5 Å². The molecule has 1 amide bonds. The lowest BCUT2D eigenvalue weighted by atomic mass is 9.83. The van der Waals surface area contributed by atoms with Crippen LogP contribution in [-0.2, 0) is 10.2 Å². The van der Waals surface area contributed by atoms with Crippen LogP contribution in [0.2, 0.25) is 0 Å². The Morgan fingerprint density at radius 1 is 0.935 bits per heavy atom. The van der Waals surface area contributed by atoms with Crippen LogP contribution in [0.15, 0.2) is 67.0 Å². The quantitative estimate of drug-likeness (QED) is 0.612. The maximum absolute atomic E-state index is 13.0. The summed E-state index contributed by atoms with van der Waals surface area (Å²) in [5.41, 5.74) is 4.23. The molecule has 0 saturated carbocycles. The zero-order valence-electron chi connectivity index (χ0n) is 18.2. The van der Waals surface area contributed by atoms with E-state index in [0.29, 0.717) is 36.8 Å². The first-order valence-electron chi connectivity index (χ1n) is 10.6. The van der Waals surface area contributed by atoms with Crippen LogP contribution in [0.4, 0.5) is 5.69 Å². The second-order valence-corrected chi connectivity index (χ2v) is 8.82. The number of rotatable bonds is 5.